The highest BCUT2D eigenvalue weighted by molar-refractivity contribution is 7.89. The average molecular weight is 406 g/mol. The number of benzene rings is 1. The molecular formula is C18H18N2O5S2. The Balaban J connectivity index is 1.39. The van der Waals surface area contributed by atoms with Crippen LogP contribution in [0, 0.1) is 0 Å². The summed E-state index contributed by atoms with van der Waals surface area (Å²) in [5, 5.41) is 1.96. The Labute approximate surface area is 161 Å². The molecule has 7 nitrogen and oxygen atoms in total. The van der Waals surface area contributed by atoms with Gasteiger partial charge in [0, 0.05) is 13.1 Å². The molecule has 0 saturated carbocycles. The number of oxazole rings is 1. The number of morpholine rings is 1. The minimum absolute atomic E-state index is 0.241. The Hall–Kier alpha value is -2.20. The summed E-state index contributed by atoms with van der Waals surface area (Å²) in [5.41, 5.74) is 0.670. The van der Waals surface area contributed by atoms with E-state index in [1.165, 1.54) is 4.31 Å². The van der Waals surface area contributed by atoms with Crippen LogP contribution in [0.5, 0.6) is 5.75 Å². The molecule has 0 atom stereocenters. The number of hydrogen-bond donors (Lipinski definition) is 0. The third kappa shape index (κ3) is 4.06. The lowest BCUT2D eigenvalue weighted by atomic mass is 10.3. The zero-order chi connectivity index (χ0) is 18.7. The van der Waals surface area contributed by atoms with Crippen molar-refractivity contribution in [3.05, 3.63) is 53.7 Å². The van der Waals surface area contributed by atoms with Crippen molar-refractivity contribution in [2.75, 3.05) is 26.3 Å². The van der Waals surface area contributed by atoms with Gasteiger partial charge in [0.25, 0.3) is 0 Å². The molecule has 1 aromatic carbocycles. The first-order valence-corrected chi connectivity index (χ1v) is 10.7. The van der Waals surface area contributed by atoms with Crippen LogP contribution < -0.4 is 4.74 Å². The van der Waals surface area contributed by atoms with Crippen molar-refractivity contribution in [3.8, 4) is 16.5 Å². The van der Waals surface area contributed by atoms with E-state index in [9.17, 15) is 8.42 Å². The Morgan fingerprint density at radius 2 is 1.93 bits per heavy atom. The maximum absolute atomic E-state index is 12.6. The predicted molar refractivity (Wildman–Crippen MR) is 100 cm³/mol. The summed E-state index contributed by atoms with van der Waals surface area (Å²) in [6, 6.07) is 10.3. The van der Waals surface area contributed by atoms with Crippen LogP contribution in [-0.2, 0) is 21.4 Å². The molecule has 1 aliphatic heterocycles. The molecule has 0 N–H and O–H groups in total. The van der Waals surface area contributed by atoms with Crippen molar-refractivity contribution in [1.82, 2.24) is 9.29 Å². The minimum Gasteiger partial charge on any atom is -0.487 e. The highest BCUT2D eigenvalue weighted by atomic mass is 32.2. The van der Waals surface area contributed by atoms with E-state index in [4.69, 9.17) is 13.9 Å². The van der Waals surface area contributed by atoms with Crippen molar-refractivity contribution in [1.29, 1.82) is 0 Å². The number of rotatable bonds is 6. The summed E-state index contributed by atoms with van der Waals surface area (Å²) in [5.74, 6) is 1.13. The Morgan fingerprint density at radius 3 is 2.63 bits per heavy atom. The fourth-order valence-corrected chi connectivity index (χ4v) is 4.75. The number of thiophene rings is 1. The van der Waals surface area contributed by atoms with Gasteiger partial charge in [0.15, 0.2) is 0 Å². The van der Waals surface area contributed by atoms with Crippen LogP contribution in [0.3, 0.4) is 0 Å². The lowest BCUT2D eigenvalue weighted by molar-refractivity contribution is 0.0730. The summed E-state index contributed by atoms with van der Waals surface area (Å²) < 4.78 is 43.0. The molecule has 4 rings (SSSR count). The molecule has 27 heavy (non-hydrogen) atoms. The Bertz CT molecular complexity index is 975. The molecule has 3 heterocycles. The lowest BCUT2D eigenvalue weighted by Crippen LogP contribution is -2.40. The molecule has 9 heteroatoms. The van der Waals surface area contributed by atoms with Gasteiger partial charge in [-0.05, 0) is 35.7 Å². The molecule has 1 aliphatic rings. The van der Waals surface area contributed by atoms with E-state index in [1.54, 1.807) is 41.9 Å². The first-order valence-electron chi connectivity index (χ1n) is 8.42. The predicted octanol–water partition coefficient (Wildman–Crippen LogP) is 3.00. The zero-order valence-corrected chi connectivity index (χ0v) is 16.0. The monoisotopic (exact) mass is 406 g/mol. The van der Waals surface area contributed by atoms with E-state index in [0.717, 1.165) is 4.88 Å². The van der Waals surface area contributed by atoms with Crippen molar-refractivity contribution in [2.24, 2.45) is 0 Å². The standard InChI is InChI=1S/C18H18N2O5S2/c21-27(22,20-7-9-23-10-8-20)16-5-3-15(4-6-16)24-12-14-13-25-18(19-14)17-2-1-11-26-17/h1-6,11,13H,7-10,12H2. The van der Waals surface area contributed by atoms with Crippen LogP contribution in [-0.4, -0.2) is 44.0 Å². The number of nitrogens with zero attached hydrogens (tertiary/aromatic N) is 2. The maximum Gasteiger partial charge on any atom is 0.243 e. The molecule has 3 aromatic rings. The molecular weight excluding hydrogens is 388 g/mol. The van der Waals surface area contributed by atoms with Gasteiger partial charge in [-0.1, -0.05) is 6.07 Å². The number of aromatic nitrogens is 1. The molecule has 0 radical (unpaired) electrons. The normalized spacial score (nSPS) is 15.7. The van der Waals surface area contributed by atoms with Gasteiger partial charge >= 0.3 is 0 Å². The molecule has 0 spiro atoms. The highest BCUT2D eigenvalue weighted by Crippen LogP contribution is 2.25. The van der Waals surface area contributed by atoms with Crippen LogP contribution in [0.1, 0.15) is 5.69 Å². The fourth-order valence-electron chi connectivity index (χ4n) is 2.69. The third-order valence-electron chi connectivity index (χ3n) is 4.10. The molecule has 142 valence electrons. The Morgan fingerprint density at radius 1 is 1.15 bits per heavy atom. The summed E-state index contributed by atoms with van der Waals surface area (Å²) >= 11 is 1.55. The van der Waals surface area contributed by atoms with Crippen LogP contribution in [0.2, 0.25) is 0 Å². The van der Waals surface area contributed by atoms with Gasteiger partial charge < -0.3 is 13.9 Å². The van der Waals surface area contributed by atoms with E-state index >= 15 is 0 Å². The van der Waals surface area contributed by atoms with Gasteiger partial charge in [-0.3, -0.25) is 0 Å². The van der Waals surface area contributed by atoms with E-state index < -0.39 is 10.0 Å². The molecule has 2 aromatic heterocycles. The van der Waals surface area contributed by atoms with Gasteiger partial charge in [-0.15, -0.1) is 11.3 Å². The lowest BCUT2D eigenvalue weighted by Gasteiger charge is -2.26. The van der Waals surface area contributed by atoms with Crippen LogP contribution in [0.25, 0.3) is 10.8 Å². The first kappa shape index (κ1) is 18.2. The topological polar surface area (TPSA) is 81.9 Å². The number of sulfonamides is 1. The van der Waals surface area contributed by atoms with Crippen molar-refractivity contribution in [3.63, 3.8) is 0 Å². The van der Waals surface area contributed by atoms with Crippen molar-refractivity contribution < 1.29 is 22.3 Å². The van der Waals surface area contributed by atoms with Crippen LogP contribution in [0.4, 0.5) is 0 Å². The molecule has 0 bridgehead atoms. The first-order chi connectivity index (χ1) is 13.1. The van der Waals surface area contributed by atoms with E-state index in [2.05, 4.69) is 4.98 Å². The number of hydrogen-bond acceptors (Lipinski definition) is 7. The molecule has 0 unspecified atom stereocenters. The second-order valence-electron chi connectivity index (χ2n) is 5.90. The SMILES string of the molecule is O=S(=O)(c1ccc(OCc2coc(-c3cccs3)n2)cc1)N1CCOCC1. The molecule has 1 saturated heterocycles. The third-order valence-corrected chi connectivity index (χ3v) is 6.87. The van der Waals surface area contributed by atoms with Gasteiger partial charge in [0.2, 0.25) is 15.9 Å². The molecule has 1 fully saturated rings. The molecule has 0 amide bonds. The Kier molecular flexibility index (Phi) is 5.26. The summed E-state index contributed by atoms with van der Waals surface area (Å²) in [6.45, 7) is 1.83. The van der Waals surface area contributed by atoms with Gasteiger partial charge in [-0.25, -0.2) is 13.4 Å². The van der Waals surface area contributed by atoms with E-state index in [0.29, 0.717) is 43.6 Å². The van der Waals surface area contributed by atoms with Gasteiger partial charge in [0.1, 0.15) is 24.3 Å². The summed E-state index contributed by atoms with van der Waals surface area (Å²) in [6.07, 6.45) is 1.56. The second-order valence-corrected chi connectivity index (χ2v) is 8.78. The van der Waals surface area contributed by atoms with E-state index in [-0.39, 0.29) is 11.5 Å². The van der Waals surface area contributed by atoms with Crippen molar-refractivity contribution in [2.45, 2.75) is 11.5 Å². The van der Waals surface area contributed by atoms with Gasteiger partial charge in [-0.2, -0.15) is 4.31 Å². The van der Waals surface area contributed by atoms with Crippen molar-refractivity contribution >= 4 is 21.4 Å². The fraction of sp³-hybridized carbons (Fsp3) is 0.278. The van der Waals surface area contributed by atoms with E-state index in [1.807, 2.05) is 17.5 Å². The maximum atomic E-state index is 12.6. The quantitative estimate of drug-likeness (QED) is 0.626. The average Bonchev–Trinajstić information content (AvgIpc) is 3.39. The minimum atomic E-state index is -3.50. The van der Waals surface area contributed by atoms with Crippen LogP contribution >= 0.6 is 11.3 Å². The molecule has 0 aliphatic carbocycles. The summed E-state index contributed by atoms with van der Waals surface area (Å²) in [7, 11) is -3.50. The number of ether oxygens (including phenoxy) is 2. The smallest absolute Gasteiger partial charge is 0.243 e. The largest absolute Gasteiger partial charge is 0.487 e. The zero-order valence-electron chi connectivity index (χ0n) is 14.4. The second kappa shape index (κ2) is 7.81. The summed E-state index contributed by atoms with van der Waals surface area (Å²) in [4.78, 5) is 5.60. The highest BCUT2D eigenvalue weighted by Gasteiger charge is 2.26. The van der Waals surface area contributed by atoms with Gasteiger partial charge in [0.05, 0.1) is 23.0 Å². The van der Waals surface area contributed by atoms with Crippen LogP contribution in [0.15, 0.2) is 57.4 Å².